The summed E-state index contributed by atoms with van der Waals surface area (Å²) in [6, 6.07) is 0.546. The van der Waals surface area contributed by atoms with Crippen LogP contribution in [0.2, 0.25) is 0 Å². The third-order valence-electron chi connectivity index (χ3n) is 3.46. The summed E-state index contributed by atoms with van der Waals surface area (Å²) in [6.07, 6.45) is 4.21. The molecule has 0 radical (unpaired) electrons. The molecule has 20 heavy (non-hydrogen) atoms. The lowest BCUT2D eigenvalue weighted by atomic mass is 9.92. The van der Waals surface area contributed by atoms with E-state index in [0.717, 1.165) is 25.7 Å². The summed E-state index contributed by atoms with van der Waals surface area (Å²) in [5.41, 5.74) is 5.42. The Morgan fingerprint density at radius 2 is 1.70 bits per heavy atom. The molecule has 1 fully saturated rings. The van der Waals surface area contributed by atoms with Crippen LogP contribution in [0.25, 0.3) is 0 Å². The minimum absolute atomic E-state index is 0. The number of hydrogen-bond acceptors (Lipinski definition) is 3. The second kappa shape index (κ2) is 8.47. The van der Waals surface area contributed by atoms with E-state index >= 15 is 0 Å². The van der Waals surface area contributed by atoms with Crippen molar-refractivity contribution in [2.24, 2.45) is 11.1 Å². The average molecular weight is 306 g/mol. The van der Waals surface area contributed by atoms with E-state index in [0.29, 0.717) is 19.0 Å². The Kier molecular flexibility index (Phi) is 8.13. The summed E-state index contributed by atoms with van der Waals surface area (Å²) in [5, 5.41) is 5.78. The molecule has 0 heterocycles. The van der Waals surface area contributed by atoms with E-state index < -0.39 is 5.41 Å². The van der Waals surface area contributed by atoms with Crippen LogP contribution in [-0.2, 0) is 9.59 Å². The monoisotopic (exact) mass is 305 g/mol. The van der Waals surface area contributed by atoms with E-state index in [9.17, 15) is 9.59 Å². The maximum atomic E-state index is 11.7. The van der Waals surface area contributed by atoms with Crippen molar-refractivity contribution >= 4 is 24.2 Å². The molecular formula is C14H28ClN3O2. The van der Waals surface area contributed by atoms with Crippen molar-refractivity contribution in [2.45, 2.75) is 65.0 Å². The van der Waals surface area contributed by atoms with Gasteiger partial charge in [0, 0.05) is 30.5 Å². The average Bonchev–Trinajstić information content (AvgIpc) is 2.31. The molecule has 118 valence electrons. The van der Waals surface area contributed by atoms with Crippen LogP contribution in [-0.4, -0.2) is 30.4 Å². The molecule has 0 unspecified atom stereocenters. The highest BCUT2D eigenvalue weighted by molar-refractivity contribution is 5.85. The topological polar surface area (TPSA) is 84.2 Å². The number of nitrogens with two attached hydrogens (primary N) is 1. The number of amides is 2. The zero-order valence-electron chi connectivity index (χ0n) is 12.7. The Balaban J connectivity index is 0.00000361. The second-order valence-electron chi connectivity index (χ2n) is 6.44. The maximum absolute atomic E-state index is 11.7. The standard InChI is InChI=1S/C14H27N3O2.ClH/c1-14(2,3)13(19)16-9-8-12(18)17-11-6-4-10(15)5-7-11;/h10-11H,4-9,15H2,1-3H3,(H,16,19)(H,17,18);1H. The van der Waals surface area contributed by atoms with Crippen molar-refractivity contribution in [3.63, 3.8) is 0 Å². The molecule has 1 rings (SSSR count). The number of carbonyl (C=O) groups excluding carboxylic acids is 2. The Morgan fingerprint density at radius 1 is 1.15 bits per heavy atom. The summed E-state index contributed by atoms with van der Waals surface area (Å²) in [7, 11) is 0. The SMILES string of the molecule is CC(C)(C)C(=O)NCCC(=O)NC1CCC(N)CC1.Cl. The third kappa shape index (κ3) is 7.10. The zero-order chi connectivity index (χ0) is 14.5. The minimum Gasteiger partial charge on any atom is -0.355 e. The van der Waals surface area contributed by atoms with Gasteiger partial charge in [-0.05, 0) is 25.7 Å². The van der Waals surface area contributed by atoms with Crippen LogP contribution >= 0.6 is 12.4 Å². The molecule has 0 aliphatic heterocycles. The molecule has 0 aromatic carbocycles. The molecule has 6 heteroatoms. The Morgan fingerprint density at radius 3 is 2.20 bits per heavy atom. The van der Waals surface area contributed by atoms with Gasteiger partial charge in [-0.3, -0.25) is 9.59 Å². The number of carbonyl (C=O) groups is 2. The quantitative estimate of drug-likeness (QED) is 0.733. The first-order valence-corrected chi connectivity index (χ1v) is 7.12. The van der Waals surface area contributed by atoms with Crippen molar-refractivity contribution in [2.75, 3.05) is 6.54 Å². The summed E-state index contributed by atoms with van der Waals surface area (Å²) >= 11 is 0. The lowest BCUT2D eigenvalue weighted by Crippen LogP contribution is -2.42. The molecule has 0 bridgehead atoms. The first kappa shape index (κ1) is 19.2. The number of rotatable bonds is 4. The van der Waals surface area contributed by atoms with Crippen LogP contribution in [0.1, 0.15) is 52.9 Å². The molecule has 0 saturated heterocycles. The predicted molar refractivity (Wildman–Crippen MR) is 82.7 cm³/mol. The van der Waals surface area contributed by atoms with Crippen LogP contribution in [0, 0.1) is 5.41 Å². The number of halogens is 1. The van der Waals surface area contributed by atoms with E-state index in [1.807, 2.05) is 20.8 Å². The highest BCUT2D eigenvalue weighted by Crippen LogP contribution is 2.17. The maximum Gasteiger partial charge on any atom is 0.225 e. The molecule has 1 aliphatic carbocycles. The van der Waals surface area contributed by atoms with Gasteiger partial charge in [-0.1, -0.05) is 20.8 Å². The van der Waals surface area contributed by atoms with Crippen LogP contribution in [0.3, 0.4) is 0 Å². The lowest BCUT2D eigenvalue weighted by molar-refractivity contribution is -0.128. The second-order valence-corrected chi connectivity index (χ2v) is 6.44. The third-order valence-corrected chi connectivity index (χ3v) is 3.46. The minimum atomic E-state index is -0.407. The van der Waals surface area contributed by atoms with Crippen molar-refractivity contribution in [1.29, 1.82) is 0 Å². The molecule has 5 nitrogen and oxygen atoms in total. The van der Waals surface area contributed by atoms with E-state index in [-0.39, 0.29) is 30.3 Å². The van der Waals surface area contributed by atoms with Gasteiger partial charge in [-0.2, -0.15) is 0 Å². The Bertz CT molecular complexity index is 321. The van der Waals surface area contributed by atoms with Gasteiger partial charge in [-0.15, -0.1) is 12.4 Å². The molecule has 0 aromatic heterocycles. The van der Waals surface area contributed by atoms with Crippen LogP contribution in [0.5, 0.6) is 0 Å². The van der Waals surface area contributed by atoms with Crippen molar-refractivity contribution in [3.8, 4) is 0 Å². The largest absolute Gasteiger partial charge is 0.355 e. The molecule has 0 spiro atoms. The summed E-state index contributed by atoms with van der Waals surface area (Å²) < 4.78 is 0. The first-order chi connectivity index (χ1) is 8.79. The van der Waals surface area contributed by atoms with Crippen molar-refractivity contribution < 1.29 is 9.59 Å². The van der Waals surface area contributed by atoms with Crippen molar-refractivity contribution in [3.05, 3.63) is 0 Å². The molecular weight excluding hydrogens is 278 g/mol. The molecule has 1 aliphatic rings. The van der Waals surface area contributed by atoms with E-state index in [4.69, 9.17) is 5.73 Å². The summed E-state index contributed by atoms with van der Waals surface area (Å²) in [4.78, 5) is 23.3. The fraction of sp³-hybridized carbons (Fsp3) is 0.857. The normalized spacial score (nSPS) is 22.6. The zero-order valence-corrected chi connectivity index (χ0v) is 13.5. The van der Waals surface area contributed by atoms with E-state index in [1.165, 1.54) is 0 Å². The Labute approximate surface area is 127 Å². The number of hydrogen-bond donors (Lipinski definition) is 3. The highest BCUT2D eigenvalue weighted by atomic mass is 35.5. The van der Waals surface area contributed by atoms with Crippen LogP contribution in [0.4, 0.5) is 0 Å². The fourth-order valence-electron chi connectivity index (χ4n) is 2.12. The van der Waals surface area contributed by atoms with E-state index in [1.54, 1.807) is 0 Å². The van der Waals surface area contributed by atoms with Gasteiger partial charge < -0.3 is 16.4 Å². The predicted octanol–water partition coefficient (Wildman–Crippen LogP) is 1.35. The lowest BCUT2D eigenvalue weighted by Gasteiger charge is -2.26. The van der Waals surface area contributed by atoms with Crippen LogP contribution < -0.4 is 16.4 Å². The Hall–Kier alpha value is -0.810. The van der Waals surface area contributed by atoms with Gasteiger partial charge in [0.15, 0.2) is 0 Å². The number of nitrogens with one attached hydrogen (secondary N) is 2. The molecule has 0 aromatic rings. The van der Waals surface area contributed by atoms with Gasteiger partial charge in [-0.25, -0.2) is 0 Å². The first-order valence-electron chi connectivity index (χ1n) is 7.12. The molecule has 2 amide bonds. The smallest absolute Gasteiger partial charge is 0.225 e. The van der Waals surface area contributed by atoms with Gasteiger partial charge in [0.05, 0.1) is 0 Å². The summed E-state index contributed by atoms with van der Waals surface area (Å²) in [5.74, 6) is -0.0152. The molecule has 4 N–H and O–H groups in total. The van der Waals surface area contributed by atoms with Gasteiger partial charge in [0.2, 0.25) is 11.8 Å². The van der Waals surface area contributed by atoms with Gasteiger partial charge in [0.1, 0.15) is 0 Å². The summed E-state index contributed by atoms with van der Waals surface area (Å²) in [6.45, 7) is 5.96. The highest BCUT2D eigenvalue weighted by Gasteiger charge is 2.22. The van der Waals surface area contributed by atoms with Gasteiger partial charge >= 0.3 is 0 Å². The fourth-order valence-corrected chi connectivity index (χ4v) is 2.12. The van der Waals surface area contributed by atoms with E-state index in [2.05, 4.69) is 10.6 Å². The van der Waals surface area contributed by atoms with Gasteiger partial charge in [0.25, 0.3) is 0 Å². The molecule has 1 saturated carbocycles. The van der Waals surface area contributed by atoms with Crippen molar-refractivity contribution in [1.82, 2.24) is 10.6 Å². The van der Waals surface area contributed by atoms with Crippen LogP contribution in [0.15, 0.2) is 0 Å². The molecule has 0 atom stereocenters.